The first-order valence-electron chi connectivity index (χ1n) is 3.80. The first-order valence-corrected chi connectivity index (χ1v) is 3.80. The molecule has 0 aliphatic heterocycles. The van der Waals surface area contributed by atoms with Crippen LogP contribution in [0, 0.1) is 0 Å². The van der Waals surface area contributed by atoms with Crippen LogP contribution in [0.4, 0.5) is 0 Å². The van der Waals surface area contributed by atoms with Gasteiger partial charge in [0.05, 0.1) is 12.6 Å². The van der Waals surface area contributed by atoms with Gasteiger partial charge in [0.1, 0.15) is 12.4 Å². The minimum absolute atomic E-state index is 0. The lowest BCUT2D eigenvalue weighted by Crippen LogP contribution is -3.00. The molecule has 0 aliphatic rings. The smallest absolute Gasteiger partial charge is 0.243 e. The van der Waals surface area contributed by atoms with Gasteiger partial charge in [0, 0.05) is 0 Å². The standard InChI is InChI=1S/C8H15N2.ClH/c1-4-9-5-6-10(7-9)8(2)3;/h5-8H,4H2,1-3H3;1H/q+1;/p-1. The molecule has 0 saturated heterocycles. The predicted octanol–water partition coefficient (Wildman–Crippen LogP) is -1.62. The van der Waals surface area contributed by atoms with E-state index in [2.05, 4.69) is 48.6 Å². The second-order valence-electron chi connectivity index (χ2n) is 2.79. The number of aromatic nitrogens is 2. The Morgan fingerprint density at radius 2 is 2.09 bits per heavy atom. The van der Waals surface area contributed by atoms with Crippen molar-refractivity contribution in [3.63, 3.8) is 0 Å². The van der Waals surface area contributed by atoms with Gasteiger partial charge in [-0.2, -0.15) is 0 Å². The van der Waals surface area contributed by atoms with Crippen molar-refractivity contribution in [1.82, 2.24) is 4.57 Å². The van der Waals surface area contributed by atoms with Crippen LogP contribution in [0.1, 0.15) is 26.8 Å². The van der Waals surface area contributed by atoms with E-state index in [4.69, 9.17) is 0 Å². The topological polar surface area (TPSA) is 8.81 Å². The molecule has 0 aliphatic carbocycles. The Morgan fingerprint density at radius 1 is 1.45 bits per heavy atom. The molecular formula is C8H15ClN2. The molecule has 1 aromatic heterocycles. The van der Waals surface area contributed by atoms with Crippen molar-refractivity contribution in [1.29, 1.82) is 0 Å². The zero-order valence-electron chi connectivity index (χ0n) is 7.29. The maximum absolute atomic E-state index is 2.20. The summed E-state index contributed by atoms with van der Waals surface area (Å²) in [7, 11) is 0. The molecule has 0 N–H and O–H groups in total. The van der Waals surface area contributed by atoms with Crippen LogP contribution in [0.15, 0.2) is 18.7 Å². The molecule has 1 rings (SSSR count). The Bertz CT molecular complexity index is 206. The summed E-state index contributed by atoms with van der Waals surface area (Å²) in [5.41, 5.74) is 0. The second-order valence-corrected chi connectivity index (χ2v) is 2.79. The average molecular weight is 175 g/mol. The van der Waals surface area contributed by atoms with Crippen molar-refractivity contribution in [3.8, 4) is 0 Å². The van der Waals surface area contributed by atoms with E-state index in [1.165, 1.54) is 0 Å². The van der Waals surface area contributed by atoms with E-state index in [0.717, 1.165) is 6.54 Å². The fourth-order valence-electron chi connectivity index (χ4n) is 0.903. The molecule has 0 saturated carbocycles. The lowest BCUT2D eigenvalue weighted by atomic mass is 10.4. The molecule has 0 unspecified atom stereocenters. The molecule has 0 radical (unpaired) electrons. The van der Waals surface area contributed by atoms with Crippen LogP contribution in [-0.2, 0) is 6.54 Å². The highest BCUT2D eigenvalue weighted by molar-refractivity contribution is 4.69. The molecular weight excluding hydrogens is 160 g/mol. The Balaban J connectivity index is 0.000001000. The summed E-state index contributed by atoms with van der Waals surface area (Å²) in [4.78, 5) is 0. The highest BCUT2D eigenvalue weighted by Gasteiger charge is 2.03. The highest BCUT2D eigenvalue weighted by Crippen LogP contribution is 1.99. The SMILES string of the molecule is CC[n+]1ccn(C(C)C)c1.[Cl-]. The summed E-state index contributed by atoms with van der Waals surface area (Å²) in [5, 5.41) is 0. The van der Waals surface area contributed by atoms with Crippen LogP contribution < -0.4 is 17.0 Å². The van der Waals surface area contributed by atoms with Crippen molar-refractivity contribution in [2.45, 2.75) is 33.4 Å². The van der Waals surface area contributed by atoms with Gasteiger partial charge in [-0.1, -0.05) is 0 Å². The van der Waals surface area contributed by atoms with Crippen LogP contribution in [0.3, 0.4) is 0 Å². The largest absolute Gasteiger partial charge is 1.00 e. The molecule has 64 valence electrons. The lowest BCUT2D eigenvalue weighted by Gasteiger charge is -1.96. The Labute approximate surface area is 74.3 Å². The predicted molar refractivity (Wildman–Crippen MR) is 40.7 cm³/mol. The maximum atomic E-state index is 2.20. The van der Waals surface area contributed by atoms with Crippen LogP contribution in [0.25, 0.3) is 0 Å². The normalized spacial score (nSPS) is 9.82. The van der Waals surface area contributed by atoms with E-state index in [0.29, 0.717) is 6.04 Å². The van der Waals surface area contributed by atoms with Gasteiger partial charge >= 0.3 is 0 Å². The number of hydrogen-bond donors (Lipinski definition) is 0. The number of imidazole rings is 1. The molecule has 0 spiro atoms. The third-order valence-corrected chi connectivity index (χ3v) is 1.67. The van der Waals surface area contributed by atoms with Crippen LogP contribution >= 0.6 is 0 Å². The van der Waals surface area contributed by atoms with Crippen molar-refractivity contribution in [2.24, 2.45) is 0 Å². The number of halogens is 1. The minimum Gasteiger partial charge on any atom is -1.00 e. The second kappa shape index (κ2) is 4.39. The molecule has 0 bridgehead atoms. The van der Waals surface area contributed by atoms with E-state index in [9.17, 15) is 0 Å². The summed E-state index contributed by atoms with van der Waals surface area (Å²) in [6.45, 7) is 7.56. The monoisotopic (exact) mass is 174 g/mol. The fraction of sp³-hybridized carbons (Fsp3) is 0.625. The van der Waals surface area contributed by atoms with Crippen molar-refractivity contribution in [3.05, 3.63) is 18.7 Å². The van der Waals surface area contributed by atoms with Crippen molar-refractivity contribution < 1.29 is 17.0 Å². The lowest BCUT2D eigenvalue weighted by molar-refractivity contribution is -0.693. The molecule has 0 fully saturated rings. The van der Waals surface area contributed by atoms with E-state index in [1.807, 2.05) is 0 Å². The van der Waals surface area contributed by atoms with Crippen molar-refractivity contribution in [2.75, 3.05) is 0 Å². The van der Waals surface area contributed by atoms with Gasteiger partial charge in [0.2, 0.25) is 6.33 Å². The van der Waals surface area contributed by atoms with Gasteiger partial charge in [-0.15, -0.1) is 0 Å². The van der Waals surface area contributed by atoms with Gasteiger partial charge in [-0.3, -0.25) is 0 Å². The zero-order chi connectivity index (χ0) is 7.56. The van der Waals surface area contributed by atoms with Gasteiger partial charge in [-0.05, 0) is 20.8 Å². The summed E-state index contributed by atoms with van der Waals surface area (Å²) in [5.74, 6) is 0. The zero-order valence-corrected chi connectivity index (χ0v) is 8.04. The number of nitrogens with zero attached hydrogens (tertiary/aromatic N) is 2. The molecule has 0 aromatic carbocycles. The third-order valence-electron chi connectivity index (χ3n) is 1.67. The first-order chi connectivity index (χ1) is 4.74. The van der Waals surface area contributed by atoms with E-state index in [1.54, 1.807) is 0 Å². The molecule has 1 heterocycles. The average Bonchev–Trinajstić information content (AvgIpc) is 2.34. The third kappa shape index (κ3) is 2.54. The van der Waals surface area contributed by atoms with Gasteiger partial charge < -0.3 is 12.4 Å². The number of rotatable bonds is 2. The number of hydrogen-bond acceptors (Lipinski definition) is 0. The summed E-state index contributed by atoms with van der Waals surface area (Å²) in [6.07, 6.45) is 6.33. The van der Waals surface area contributed by atoms with Crippen LogP contribution in [-0.4, -0.2) is 4.57 Å². The van der Waals surface area contributed by atoms with E-state index in [-0.39, 0.29) is 12.4 Å². The van der Waals surface area contributed by atoms with Gasteiger partial charge in [-0.25, -0.2) is 9.13 Å². The quantitative estimate of drug-likeness (QED) is 0.477. The van der Waals surface area contributed by atoms with E-state index < -0.39 is 0 Å². The van der Waals surface area contributed by atoms with Gasteiger partial charge in [0.25, 0.3) is 0 Å². The maximum Gasteiger partial charge on any atom is 0.243 e. The minimum atomic E-state index is 0. The molecule has 0 amide bonds. The Kier molecular flexibility index (Phi) is 4.19. The highest BCUT2D eigenvalue weighted by atomic mass is 35.5. The van der Waals surface area contributed by atoms with Crippen molar-refractivity contribution >= 4 is 0 Å². The molecule has 3 heteroatoms. The fourth-order valence-corrected chi connectivity index (χ4v) is 0.903. The summed E-state index contributed by atoms with van der Waals surface area (Å²) < 4.78 is 4.36. The molecule has 2 nitrogen and oxygen atoms in total. The van der Waals surface area contributed by atoms with Crippen LogP contribution in [0.5, 0.6) is 0 Å². The van der Waals surface area contributed by atoms with Crippen LogP contribution in [0.2, 0.25) is 0 Å². The van der Waals surface area contributed by atoms with E-state index >= 15 is 0 Å². The Hall–Kier alpha value is -0.500. The first kappa shape index (κ1) is 10.5. The molecule has 1 aromatic rings. The summed E-state index contributed by atoms with van der Waals surface area (Å²) in [6, 6.07) is 0.577. The number of aryl methyl sites for hydroxylation is 1. The Morgan fingerprint density at radius 3 is 2.36 bits per heavy atom. The van der Waals surface area contributed by atoms with Gasteiger partial charge in [0.15, 0.2) is 0 Å². The molecule has 11 heavy (non-hydrogen) atoms. The molecule has 0 atom stereocenters. The summed E-state index contributed by atoms with van der Waals surface area (Å²) >= 11 is 0.